The molecule has 1 heterocycles. The number of H-pyrrole nitrogens is 1. The van der Waals surface area contributed by atoms with E-state index in [-0.39, 0.29) is 21.9 Å². The summed E-state index contributed by atoms with van der Waals surface area (Å²) in [6, 6.07) is 10.9. The first kappa shape index (κ1) is 16.6. The predicted octanol–water partition coefficient (Wildman–Crippen LogP) is 2.88. The van der Waals surface area contributed by atoms with E-state index >= 15 is 0 Å². The second-order valence-electron chi connectivity index (χ2n) is 6.87. The Bertz CT molecular complexity index is 1090. The number of nitrogens with zero attached hydrogens (tertiary/aromatic N) is 2. The Morgan fingerprint density at radius 3 is 2.20 bits per heavy atom. The van der Waals surface area contributed by atoms with Crippen LogP contribution in [0.4, 0.5) is 5.69 Å². The van der Waals surface area contributed by atoms with Gasteiger partial charge in [0.25, 0.3) is 16.8 Å². The second kappa shape index (κ2) is 5.70. The molecule has 0 aliphatic rings. The first-order valence-electron chi connectivity index (χ1n) is 7.73. The summed E-state index contributed by atoms with van der Waals surface area (Å²) in [5, 5.41) is 13.6. The largest absolute Gasteiger partial charge is 0.278 e. The number of aromatic nitrogens is 2. The van der Waals surface area contributed by atoms with Crippen molar-refractivity contribution in [3.05, 3.63) is 78.8 Å². The summed E-state index contributed by atoms with van der Waals surface area (Å²) >= 11 is 0. The van der Waals surface area contributed by atoms with Crippen molar-refractivity contribution in [2.24, 2.45) is 0 Å². The van der Waals surface area contributed by atoms with Crippen molar-refractivity contribution in [2.75, 3.05) is 0 Å². The molecular weight excluding hydrogens is 322 g/mol. The standard InChI is InChI=1S/C18H17N3O4/c1-18(2,3)11-4-6-12(7-5-11)20-17(23)15-10-13(21(24)25)8-9-14(15)16(22)19-20/h4-10H,1-3H3,(H,19,22). The molecule has 2 aromatic carbocycles. The average molecular weight is 339 g/mol. The van der Waals surface area contributed by atoms with Crippen LogP contribution in [0.1, 0.15) is 26.3 Å². The number of fused-ring (bicyclic) bond motifs is 1. The summed E-state index contributed by atoms with van der Waals surface area (Å²) < 4.78 is 1.11. The Hall–Kier alpha value is -3.22. The van der Waals surface area contributed by atoms with Crippen molar-refractivity contribution in [1.29, 1.82) is 0 Å². The first-order chi connectivity index (χ1) is 11.7. The van der Waals surface area contributed by atoms with Crippen LogP contribution in [0.15, 0.2) is 52.1 Å². The van der Waals surface area contributed by atoms with E-state index in [0.717, 1.165) is 16.3 Å². The van der Waals surface area contributed by atoms with Crippen molar-refractivity contribution in [3.63, 3.8) is 0 Å². The quantitative estimate of drug-likeness (QED) is 0.573. The number of hydrogen-bond donors (Lipinski definition) is 1. The number of nitro benzene ring substituents is 1. The summed E-state index contributed by atoms with van der Waals surface area (Å²) in [7, 11) is 0. The predicted molar refractivity (Wildman–Crippen MR) is 95.5 cm³/mol. The molecule has 1 aromatic heterocycles. The molecule has 0 spiro atoms. The highest BCUT2D eigenvalue weighted by molar-refractivity contribution is 5.83. The number of nitrogens with one attached hydrogen (secondary N) is 1. The van der Waals surface area contributed by atoms with Gasteiger partial charge in [0.1, 0.15) is 0 Å². The maximum absolute atomic E-state index is 12.7. The molecule has 0 radical (unpaired) electrons. The lowest BCUT2D eigenvalue weighted by molar-refractivity contribution is -0.384. The molecule has 3 rings (SSSR count). The molecule has 25 heavy (non-hydrogen) atoms. The van der Waals surface area contributed by atoms with Crippen LogP contribution in [0.25, 0.3) is 16.5 Å². The van der Waals surface area contributed by atoms with E-state index in [1.807, 2.05) is 12.1 Å². The molecular formula is C18H17N3O4. The highest BCUT2D eigenvalue weighted by atomic mass is 16.6. The van der Waals surface area contributed by atoms with E-state index in [9.17, 15) is 19.7 Å². The Labute approximate surface area is 142 Å². The van der Waals surface area contributed by atoms with Crippen LogP contribution in [0.2, 0.25) is 0 Å². The first-order valence-corrected chi connectivity index (χ1v) is 7.73. The Kier molecular flexibility index (Phi) is 3.79. The van der Waals surface area contributed by atoms with Crippen LogP contribution in [0.3, 0.4) is 0 Å². The molecule has 1 N–H and O–H groups in total. The molecule has 0 fully saturated rings. The van der Waals surface area contributed by atoms with Gasteiger partial charge in [-0.2, -0.15) is 0 Å². The SMILES string of the molecule is CC(C)(C)c1ccc(-n2[nH]c(=O)c3ccc([N+](=O)[O-])cc3c2=O)cc1. The highest BCUT2D eigenvalue weighted by Crippen LogP contribution is 2.23. The molecule has 7 heteroatoms. The number of nitro groups is 1. The lowest BCUT2D eigenvalue weighted by Crippen LogP contribution is -2.28. The van der Waals surface area contributed by atoms with Crippen molar-refractivity contribution >= 4 is 16.5 Å². The number of non-ortho nitro benzene ring substituents is 1. The average Bonchev–Trinajstić information content (AvgIpc) is 2.57. The third kappa shape index (κ3) is 2.96. The summed E-state index contributed by atoms with van der Waals surface area (Å²) in [5.74, 6) is 0. The lowest BCUT2D eigenvalue weighted by Gasteiger charge is -2.19. The normalized spacial score (nSPS) is 11.6. The molecule has 0 saturated carbocycles. The molecule has 0 aliphatic heterocycles. The second-order valence-corrected chi connectivity index (χ2v) is 6.87. The molecule has 0 unspecified atom stereocenters. The van der Waals surface area contributed by atoms with Gasteiger partial charge >= 0.3 is 0 Å². The van der Waals surface area contributed by atoms with Crippen LogP contribution >= 0.6 is 0 Å². The zero-order chi connectivity index (χ0) is 18.4. The minimum atomic E-state index is -0.595. The zero-order valence-electron chi connectivity index (χ0n) is 14.1. The van der Waals surface area contributed by atoms with Crippen molar-refractivity contribution < 1.29 is 4.92 Å². The number of aromatic amines is 1. The van der Waals surface area contributed by atoms with E-state index in [4.69, 9.17) is 0 Å². The van der Waals surface area contributed by atoms with E-state index in [2.05, 4.69) is 25.9 Å². The minimum absolute atomic E-state index is 0.0119. The van der Waals surface area contributed by atoms with E-state index in [1.54, 1.807) is 12.1 Å². The maximum Gasteiger partial charge on any atom is 0.278 e. The van der Waals surface area contributed by atoms with E-state index in [1.165, 1.54) is 12.1 Å². The van der Waals surface area contributed by atoms with Gasteiger partial charge in [-0.05, 0) is 29.2 Å². The summed E-state index contributed by atoms with van der Waals surface area (Å²) in [6.45, 7) is 6.22. The Morgan fingerprint density at radius 1 is 1.00 bits per heavy atom. The smallest absolute Gasteiger partial charge is 0.267 e. The van der Waals surface area contributed by atoms with Gasteiger partial charge < -0.3 is 0 Å². The molecule has 0 amide bonds. The van der Waals surface area contributed by atoms with Gasteiger partial charge in [0, 0.05) is 12.1 Å². The minimum Gasteiger partial charge on any atom is -0.267 e. The van der Waals surface area contributed by atoms with Crippen LogP contribution in [0, 0.1) is 10.1 Å². The Morgan fingerprint density at radius 2 is 1.64 bits per heavy atom. The van der Waals surface area contributed by atoms with Gasteiger partial charge in [0.15, 0.2) is 0 Å². The molecule has 0 aliphatic carbocycles. The van der Waals surface area contributed by atoms with E-state index in [0.29, 0.717) is 5.69 Å². The van der Waals surface area contributed by atoms with Gasteiger partial charge in [0.2, 0.25) is 0 Å². The number of benzene rings is 2. The molecule has 0 bridgehead atoms. The fourth-order valence-corrected chi connectivity index (χ4v) is 2.65. The van der Waals surface area contributed by atoms with Crippen LogP contribution in [-0.4, -0.2) is 14.7 Å². The monoisotopic (exact) mass is 339 g/mol. The molecule has 7 nitrogen and oxygen atoms in total. The zero-order valence-corrected chi connectivity index (χ0v) is 14.1. The number of rotatable bonds is 2. The van der Waals surface area contributed by atoms with Gasteiger partial charge in [-0.3, -0.25) is 24.8 Å². The third-order valence-electron chi connectivity index (χ3n) is 4.10. The van der Waals surface area contributed by atoms with Crippen LogP contribution < -0.4 is 11.1 Å². The highest BCUT2D eigenvalue weighted by Gasteiger charge is 2.15. The van der Waals surface area contributed by atoms with Gasteiger partial charge in [0.05, 0.1) is 21.4 Å². The Balaban J connectivity index is 2.23. The molecule has 128 valence electrons. The van der Waals surface area contributed by atoms with Gasteiger partial charge in [-0.25, -0.2) is 4.68 Å². The number of hydrogen-bond acceptors (Lipinski definition) is 4. The topological polar surface area (TPSA) is 98.0 Å². The summed E-state index contributed by atoms with van der Waals surface area (Å²) in [4.78, 5) is 35.3. The molecule has 0 saturated heterocycles. The summed E-state index contributed by atoms with van der Waals surface area (Å²) in [5.41, 5.74) is 0.309. The van der Waals surface area contributed by atoms with Gasteiger partial charge in [-0.1, -0.05) is 32.9 Å². The summed E-state index contributed by atoms with van der Waals surface area (Å²) in [6.07, 6.45) is 0. The fourth-order valence-electron chi connectivity index (χ4n) is 2.65. The fraction of sp³-hybridized carbons (Fsp3) is 0.222. The van der Waals surface area contributed by atoms with Gasteiger partial charge in [-0.15, -0.1) is 0 Å². The van der Waals surface area contributed by atoms with Crippen molar-refractivity contribution in [2.45, 2.75) is 26.2 Å². The van der Waals surface area contributed by atoms with Crippen LogP contribution in [-0.2, 0) is 5.41 Å². The molecule has 0 atom stereocenters. The molecule has 3 aromatic rings. The lowest BCUT2D eigenvalue weighted by atomic mass is 9.87. The van der Waals surface area contributed by atoms with Crippen molar-refractivity contribution in [3.8, 4) is 5.69 Å². The third-order valence-corrected chi connectivity index (χ3v) is 4.10. The maximum atomic E-state index is 12.7. The van der Waals surface area contributed by atoms with E-state index < -0.39 is 16.0 Å². The van der Waals surface area contributed by atoms with Crippen molar-refractivity contribution in [1.82, 2.24) is 9.78 Å². The van der Waals surface area contributed by atoms with Crippen LogP contribution in [0.5, 0.6) is 0 Å².